The van der Waals surface area contributed by atoms with Crippen LogP contribution >= 0.6 is 0 Å². The van der Waals surface area contributed by atoms with E-state index in [9.17, 15) is 4.79 Å². The highest BCUT2D eigenvalue weighted by atomic mass is 16.8. The van der Waals surface area contributed by atoms with Gasteiger partial charge in [0.15, 0.2) is 6.10 Å². The zero-order chi connectivity index (χ0) is 9.26. The van der Waals surface area contributed by atoms with Crippen molar-refractivity contribution in [3.8, 4) is 0 Å². The van der Waals surface area contributed by atoms with Crippen LogP contribution in [0.4, 0.5) is 4.79 Å². The van der Waals surface area contributed by atoms with Gasteiger partial charge in [-0.2, -0.15) is 0 Å². The van der Waals surface area contributed by atoms with Gasteiger partial charge in [-0.1, -0.05) is 30.3 Å². The van der Waals surface area contributed by atoms with Gasteiger partial charge >= 0.3 is 6.16 Å². The molecule has 2 rings (SSSR count). The number of carbonyl (C=O) groups excluding carboxylic acids is 1. The van der Waals surface area contributed by atoms with Crippen LogP contribution in [0.2, 0.25) is 0 Å². The normalized spacial score (nSPS) is 26.7. The molecule has 1 fully saturated rings. The van der Waals surface area contributed by atoms with E-state index < -0.39 is 12.3 Å². The second-order valence-corrected chi connectivity index (χ2v) is 2.86. The SMILES string of the molecule is [CH2]C1OC(=O)OC1c1ccccc1. The van der Waals surface area contributed by atoms with E-state index in [1.54, 1.807) is 0 Å². The summed E-state index contributed by atoms with van der Waals surface area (Å²) in [6.45, 7) is 3.68. The summed E-state index contributed by atoms with van der Waals surface area (Å²) >= 11 is 0. The fourth-order valence-electron chi connectivity index (χ4n) is 1.32. The molecule has 13 heavy (non-hydrogen) atoms. The lowest BCUT2D eigenvalue weighted by Crippen LogP contribution is -2.10. The average Bonchev–Trinajstić information content (AvgIpc) is 2.47. The van der Waals surface area contributed by atoms with Gasteiger partial charge in [-0.05, 0) is 12.5 Å². The molecule has 3 nitrogen and oxygen atoms in total. The Hall–Kier alpha value is -1.51. The molecule has 0 aliphatic carbocycles. The molecule has 1 heterocycles. The Balaban J connectivity index is 2.23. The number of carbonyl (C=O) groups is 1. The van der Waals surface area contributed by atoms with Crippen LogP contribution in [0.15, 0.2) is 30.3 Å². The first-order valence-electron chi connectivity index (χ1n) is 4.02. The third-order valence-corrected chi connectivity index (χ3v) is 1.94. The highest BCUT2D eigenvalue weighted by Gasteiger charge is 2.34. The van der Waals surface area contributed by atoms with Crippen LogP contribution in [-0.4, -0.2) is 12.3 Å². The van der Waals surface area contributed by atoms with Crippen molar-refractivity contribution in [3.05, 3.63) is 42.8 Å². The molecule has 0 aromatic heterocycles. The van der Waals surface area contributed by atoms with Crippen molar-refractivity contribution < 1.29 is 14.3 Å². The molecule has 2 unspecified atom stereocenters. The van der Waals surface area contributed by atoms with Gasteiger partial charge in [0, 0.05) is 0 Å². The number of benzene rings is 1. The van der Waals surface area contributed by atoms with E-state index in [2.05, 4.69) is 6.92 Å². The van der Waals surface area contributed by atoms with Crippen LogP contribution in [0.5, 0.6) is 0 Å². The summed E-state index contributed by atoms with van der Waals surface area (Å²) in [6, 6.07) is 9.43. The van der Waals surface area contributed by atoms with E-state index in [-0.39, 0.29) is 6.10 Å². The van der Waals surface area contributed by atoms with Crippen LogP contribution in [0.3, 0.4) is 0 Å². The third-order valence-electron chi connectivity index (χ3n) is 1.94. The van der Waals surface area contributed by atoms with Gasteiger partial charge in [-0.3, -0.25) is 0 Å². The van der Waals surface area contributed by atoms with E-state index in [0.29, 0.717) is 0 Å². The predicted molar refractivity (Wildman–Crippen MR) is 45.9 cm³/mol. The standard InChI is InChI=1S/C10H9O3/c1-7-9(13-10(11)12-7)8-5-3-2-4-6-8/h2-7,9H,1H2. The van der Waals surface area contributed by atoms with E-state index in [1.807, 2.05) is 30.3 Å². The quantitative estimate of drug-likeness (QED) is 0.616. The summed E-state index contributed by atoms with van der Waals surface area (Å²) in [5.41, 5.74) is 0.911. The molecule has 1 aromatic rings. The molecule has 0 spiro atoms. The zero-order valence-electron chi connectivity index (χ0n) is 6.97. The summed E-state index contributed by atoms with van der Waals surface area (Å²) in [6.07, 6.45) is -1.46. The number of cyclic esters (lactones) is 2. The maximum atomic E-state index is 10.8. The lowest BCUT2D eigenvalue weighted by atomic mass is 10.1. The third kappa shape index (κ3) is 1.49. The van der Waals surface area contributed by atoms with Crippen LogP contribution in [0, 0.1) is 6.92 Å². The molecule has 1 radical (unpaired) electrons. The largest absolute Gasteiger partial charge is 0.509 e. The van der Waals surface area contributed by atoms with Crippen molar-refractivity contribution in [3.63, 3.8) is 0 Å². The molecule has 1 aliphatic heterocycles. The van der Waals surface area contributed by atoms with Gasteiger partial charge in [0.2, 0.25) is 0 Å². The van der Waals surface area contributed by atoms with E-state index >= 15 is 0 Å². The first-order chi connectivity index (χ1) is 6.27. The predicted octanol–water partition coefficient (Wildman–Crippen LogP) is 2.10. The second kappa shape index (κ2) is 3.09. The smallest absolute Gasteiger partial charge is 0.427 e. The number of hydrogen-bond donors (Lipinski definition) is 0. The maximum absolute atomic E-state index is 10.8. The summed E-state index contributed by atoms with van der Waals surface area (Å²) in [5, 5.41) is 0. The minimum absolute atomic E-state index is 0.367. The van der Waals surface area contributed by atoms with Crippen molar-refractivity contribution in [1.29, 1.82) is 0 Å². The zero-order valence-corrected chi connectivity index (χ0v) is 6.97. The van der Waals surface area contributed by atoms with Gasteiger partial charge in [0.25, 0.3) is 0 Å². The van der Waals surface area contributed by atoms with Gasteiger partial charge in [0.05, 0.1) is 0 Å². The number of ether oxygens (including phenoxy) is 2. The molecule has 1 aromatic carbocycles. The fraction of sp³-hybridized carbons (Fsp3) is 0.200. The van der Waals surface area contributed by atoms with Gasteiger partial charge < -0.3 is 9.47 Å². The maximum Gasteiger partial charge on any atom is 0.509 e. The second-order valence-electron chi connectivity index (χ2n) is 2.86. The highest BCUT2D eigenvalue weighted by molar-refractivity contribution is 5.63. The highest BCUT2D eigenvalue weighted by Crippen LogP contribution is 2.28. The Bertz CT molecular complexity index is 307. The van der Waals surface area contributed by atoms with E-state index in [1.165, 1.54) is 0 Å². The average molecular weight is 177 g/mol. The fourth-order valence-corrected chi connectivity index (χ4v) is 1.32. The van der Waals surface area contributed by atoms with Gasteiger partial charge in [-0.25, -0.2) is 4.79 Å². The van der Waals surface area contributed by atoms with Crippen LogP contribution in [0.25, 0.3) is 0 Å². The molecule has 1 aliphatic rings. The minimum atomic E-state index is -0.645. The van der Waals surface area contributed by atoms with Crippen molar-refractivity contribution >= 4 is 6.16 Å². The minimum Gasteiger partial charge on any atom is -0.427 e. The lowest BCUT2D eigenvalue weighted by Gasteiger charge is -2.10. The first-order valence-corrected chi connectivity index (χ1v) is 4.02. The molecule has 67 valence electrons. The van der Waals surface area contributed by atoms with Crippen molar-refractivity contribution in [2.45, 2.75) is 12.2 Å². The van der Waals surface area contributed by atoms with Gasteiger partial charge in [0.1, 0.15) is 6.10 Å². The molecule has 0 bridgehead atoms. The molecule has 0 saturated carbocycles. The molecule has 2 atom stereocenters. The summed E-state index contributed by atoms with van der Waals surface area (Å²) in [4.78, 5) is 10.8. The molecular formula is C10H9O3. The van der Waals surface area contributed by atoms with Crippen LogP contribution in [0.1, 0.15) is 11.7 Å². The molecule has 0 amide bonds. The topological polar surface area (TPSA) is 35.5 Å². The Morgan fingerprint density at radius 3 is 2.38 bits per heavy atom. The Morgan fingerprint density at radius 2 is 1.85 bits per heavy atom. The molecule has 3 heteroatoms. The number of rotatable bonds is 1. The molecule has 0 N–H and O–H groups in total. The summed E-state index contributed by atoms with van der Waals surface area (Å²) in [5.74, 6) is 0. The summed E-state index contributed by atoms with van der Waals surface area (Å²) < 4.78 is 9.69. The lowest BCUT2D eigenvalue weighted by molar-refractivity contribution is 0.117. The number of hydrogen-bond acceptors (Lipinski definition) is 3. The Kier molecular flexibility index (Phi) is 1.93. The first kappa shape index (κ1) is 8.10. The van der Waals surface area contributed by atoms with Crippen molar-refractivity contribution in [1.82, 2.24) is 0 Å². The van der Waals surface area contributed by atoms with Crippen molar-refractivity contribution in [2.24, 2.45) is 0 Å². The van der Waals surface area contributed by atoms with E-state index in [0.717, 1.165) is 5.56 Å². The monoisotopic (exact) mass is 177 g/mol. The van der Waals surface area contributed by atoms with Crippen molar-refractivity contribution in [2.75, 3.05) is 0 Å². The van der Waals surface area contributed by atoms with E-state index in [4.69, 9.17) is 9.47 Å². The van der Waals surface area contributed by atoms with Crippen LogP contribution in [-0.2, 0) is 9.47 Å². The summed E-state index contributed by atoms with van der Waals surface area (Å²) in [7, 11) is 0. The Morgan fingerprint density at radius 1 is 1.15 bits per heavy atom. The van der Waals surface area contributed by atoms with Crippen LogP contribution < -0.4 is 0 Å². The Labute approximate surface area is 76.3 Å². The van der Waals surface area contributed by atoms with Gasteiger partial charge in [-0.15, -0.1) is 0 Å². The molecular weight excluding hydrogens is 168 g/mol. The molecule has 1 saturated heterocycles.